The first kappa shape index (κ1) is 18.7. The van der Waals surface area contributed by atoms with Crippen LogP contribution in [0.15, 0.2) is 10.9 Å². The van der Waals surface area contributed by atoms with E-state index < -0.39 is 42.2 Å². The van der Waals surface area contributed by atoms with Gasteiger partial charge in [0.05, 0.1) is 7.11 Å². The second-order valence-electron chi connectivity index (χ2n) is 5.49. The van der Waals surface area contributed by atoms with Gasteiger partial charge in [-0.1, -0.05) is 13.3 Å². The van der Waals surface area contributed by atoms with E-state index in [0.29, 0.717) is 18.5 Å². The number of ether oxygens (including phenoxy) is 2. The molecule has 1 aliphatic rings. The molecule has 1 aromatic rings. The molecule has 1 fully saturated rings. The quantitative estimate of drug-likeness (QED) is 0.397. The summed E-state index contributed by atoms with van der Waals surface area (Å²) in [6.07, 6.45) is -6.49. The summed E-state index contributed by atoms with van der Waals surface area (Å²) < 4.78 is 11.3. The minimum atomic E-state index is -1.66. The van der Waals surface area contributed by atoms with Crippen LogP contribution in [0, 0.1) is 4.77 Å². The molecule has 2 heterocycles. The number of aromatic amines is 1. The SMILES string of the molecule is CCCc1cc(=O)[nH]c(=S)n1C1OC(C(=O)OC)C(O)C(O)C1O. The van der Waals surface area contributed by atoms with E-state index in [-0.39, 0.29) is 4.77 Å². The summed E-state index contributed by atoms with van der Waals surface area (Å²) in [4.78, 5) is 25.8. The maximum absolute atomic E-state index is 11.8. The largest absolute Gasteiger partial charge is 0.467 e. The highest BCUT2D eigenvalue weighted by Gasteiger charge is 2.48. The molecule has 10 heteroatoms. The predicted octanol–water partition coefficient (Wildman–Crippen LogP) is -0.989. The average molecular weight is 360 g/mol. The summed E-state index contributed by atoms with van der Waals surface area (Å²) >= 11 is 5.13. The van der Waals surface area contributed by atoms with Crippen molar-refractivity contribution in [3.8, 4) is 0 Å². The van der Waals surface area contributed by atoms with E-state index in [1.165, 1.54) is 10.6 Å². The minimum Gasteiger partial charge on any atom is -0.467 e. The molecule has 4 N–H and O–H groups in total. The molecular formula is C14H20N2O7S. The number of hydrogen-bond donors (Lipinski definition) is 4. The van der Waals surface area contributed by atoms with Gasteiger partial charge in [0, 0.05) is 11.8 Å². The number of carbonyl (C=O) groups excluding carboxylic acids is 1. The number of esters is 1. The zero-order valence-corrected chi connectivity index (χ0v) is 14.0. The lowest BCUT2D eigenvalue weighted by Crippen LogP contribution is -2.58. The maximum Gasteiger partial charge on any atom is 0.337 e. The van der Waals surface area contributed by atoms with Crippen LogP contribution in [0.3, 0.4) is 0 Å². The number of rotatable bonds is 4. The third kappa shape index (κ3) is 3.42. The number of aliphatic hydroxyl groups is 3. The zero-order valence-electron chi connectivity index (χ0n) is 13.2. The van der Waals surface area contributed by atoms with Crippen molar-refractivity contribution in [2.24, 2.45) is 0 Å². The molecule has 1 aromatic heterocycles. The molecule has 0 radical (unpaired) electrons. The number of carbonyl (C=O) groups is 1. The van der Waals surface area contributed by atoms with E-state index in [9.17, 15) is 24.9 Å². The second kappa shape index (κ2) is 7.53. The van der Waals surface area contributed by atoms with Crippen LogP contribution in [0.2, 0.25) is 0 Å². The molecule has 0 aliphatic carbocycles. The number of H-pyrrole nitrogens is 1. The standard InChI is InChI=1S/C14H20N2O7S/c1-3-4-6-5-7(17)15-14(24)16(6)12-10(20)8(18)9(19)11(23-12)13(21)22-2/h5,8-12,18-20H,3-4H2,1-2H3,(H,15,17,24). The molecule has 1 aliphatic heterocycles. The van der Waals surface area contributed by atoms with Crippen molar-refractivity contribution in [3.05, 3.63) is 26.9 Å². The Morgan fingerprint density at radius 2 is 2.04 bits per heavy atom. The lowest BCUT2D eigenvalue weighted by molar-refractivity contribution is -0.248. The van der Waals surface area contributed by atoms with Crippen molar-refractivity contribution in [1.82, 2.24) is 9.55 Å². The summed E-state index contributed by atoms with van der Waals surface area (Å²) in [5.41, 5.74) is 0.0672. The first-order valence-corrected chi connectivity index (χ1v) is 7.84. The van der Waals surface area contributed by atoms with Crippen molar-refractivity contribution in [3.63, 3.8) is 0 Å². The van der Waals surface area contributed by atoms with Gasteiger partial charge in [-0.15, -0.1) is 0 Å². The van der Waals surface area contributed by atoms with Gasteiger partial charge in [0.1, 0.15) is 18.3 Å². The van der Waals surface area contributed by atoms with Crippen LogP contribution >= 0.6 is 12.2 Å². The van der Waals surface area contributed by atoms with E-state index in [0.717, 1.165) is 7.11 Å². The number of aryl methyl sites for hydroxylation is 1. The van der Waals surface area contributed by atoms with Gasteiger partial charge < -0.3 is 24.8 Å². The number of nitrogens with one attached hydrogen (secondary N) is 1. The summed E-state index contributed by atoms with van der Waals surface area (Å²) in [5, 5.41) is 30.3. The first-order chi connectivity index (χ1) is 11.3. The highest BCUT2D eigenvalue weighted by Crippen LogP contribution is 2.30. The summed E-state index contributed by atoms with van der Waals surface area (Å²) in [6.45, 7) is 1.89. The molecule has 5 unspecified atom stereocenters. The molecule has 0 spiro atoms. The number of hydrogen-bond acceptors (Lipinski definition) is 8. The second-order valence-corrected chi connectivity index (χ2v) is 5.88. The lowest BCUT2D eigenvalue weighted by Gasteiger charge is -2.40. The van der Waals surface area contributed by atoms with E-state index in [2.05, 4.69) is 9.72 Å². The predicted molar refractivity (Wildman–Crippen MR) is 83.8 cm³/mol. The van der Waals surface area contributed by atoms with Crippen molar-refractivity contribution >= 4 is 18.2 Å². The molecular weight excluding hydrogens is 340 g/mol. The van der Waals surface area contributed by atoms with Gasteiger partial charge in [-0.25, -0.2) is 4.79 Å². The van der Waals surface area contributed by atoms with E-state index >= 15 is 0 Å². The highest BCUT2D eigenvalue weighted by molar-refractivity contribution is 7.71. The number of nitrogens with zero attached hydrogens (tertiary/aromatic N) is 1. The third-order valence-electron chi connectivity index (χ3n) is 3.84. The summed E-state index contributed by atoms with van der Waals surface area (Å²) in [5.74, 6) is -0.897. The number of methoxy groups -OCH3 is 1. The van der Waals surface area contributed by atoms with Gasteiger partial charge in [-0.3, -0.25) is 14.3 Å². The van der Waals surface area contributed by atoms with E-state index in [1.54, 1.807) is 0 Å². The number of aliphatic hydroxyl groups excluding tert-OH is 3. The fourth-order valence-electron chi connectivity index (χ4n) is 2.67. The summed E-state index contributed by atoms with van der Waals surface area (Å²) in [7, 11) is 1.11. The van der Waals surface area contributed by atoms with Gasteiger partial charge in [0.15, 0.2) is 17.1 Å². The molecule has 2 rings (SSSR count). The van der Waals surface area contributed by atoms with E-state index in [1.807, 2.05) is 6.92 Å². The molecule has 0 saturated carbocycles. The Kier molecular flexibility index (Phi) is 5.88. The van der Waals surface area contributed by atoms with E-state index in [4.69, 9.17) is 17.0 Å². The molecule has 24 heavy (non-hydrogen) atoms. The van der Waals surface area contributed by atoms with Crippen LogP contribution < -0.4 is 5.56 Å². The Bertz CT molecular complexity index is 716. The van der Waals surface area contributed by atoms with Gasteiger partial charge >= 0.3 is 5.97 Å². The van der Waals surface area contributed by atoms with Crippen molar-refractivity contribution in [2.45, 2.75) is 50.4 Å². The van der Waals surface area contributed by atoms with Gasteiger partial charge in [-0.05, 0) is 18.6 Å². The molecule has 0 aromatic carbocycles. The Hall–Kier alpha value is -1.59. The van der Waals surface area contributed by atoms with Crippen LogP contribution in [0.4, 0.5) is 0 Å². The maximum atomic E-state index is 11.8. The molecule has 5 atom stereocenters. The average Bonchev–Trinajstić information content (AvgIpc) is 2.53. The van der Waals surface area contributed by atoms with Gasteiger partial charge in [0.25, 0.3) is 5.56 Å². The smallest absolute Gasteiger partial charge is 0.337 e. The van der Waals surface area contributed by atoms with Crippen molar-refractivity contribution in [2.75, 3.05) is 7.11 Å². The topological polar surface area (TPSA) is 134 Å². The molecule has 1 saturated heterocycles. The Labute approximate surface area is 142 Å². The van der Waals surface area contributed by atoms with Crippen LogP contribution in [0.5, 0.6) is 0 Å². The normalized spacial score (nSPS) is 30.1. The van der Waals surface area contributed by atoms with Crippen LogP contribution in [-0.4, -0.2) is 62.4 Å². The fourth-order valence-corrected chi connectivity index (χ4v) is 2.99. The molecule has 0 bridgehead atoms. The minimum absolute atomic E-state index is 0.0257. The fraction of sp³-hybridized carbons (Fsp3) is 0.643. The van der Waals surface area contributed by atoms with Crippen LogP contribution in [-0.2, 0) is 20.7 Å². The molecule has 0 amide bonds. The first-order valence-electron chi connectivity index (χ1n) is 7.44. The summed E-state index contributed by atoms with van der Waals surface area (Å²) in [6, 6.07) is 1.31. The Morgan fingerprint density at radius 1 is 1.38 bits per heavy atom. The Balaban J connectivity index is 2.52. The van der Waals surface area contributed by atoms with Gasteiger partial charge in [0.2, 0.25) is 0 Å². The monoisotopic (exact) mass is 360 g/mol. The number of aromatic nitrogens is 2. The molecule has 9 nitrogen and oxygen atoms in total. The Morgan fingerprint density at radius 3 is 2.62 bits per heavy atom. The van der Waals surface area contributed by atoms with Crippen molar-refractivity contribution in [1.29, 1.82) is 0 Å². The van der Waals surface area contributed by atoms with Crippen molar-refractivity contribution < 1.29 is 29.6 Å². The molecule has 134 valence electrons. The lowest BCUT2D eigenvalue weighted by atomic mass is 9.97. The van der Waals surface area contributed by atoms with Crippen LogP contribution in [0.25, 0.3) is 0 Å². The van der Waals surface area contributed by atoms with Crippen LogP contribution in [0.1, 0.15) is 25.3 Å². The highest BCUT2D eigenvalue weighted by atomic mass is 32.1. The van der Waals surface area contributed by atoms with Gasteiger partial charge in [-0.2, -0.15) is 0 Å². The zero-order chi connectivity index (χ0) is 18.0. The third-order valence-corrected chi connectivity index (χ3v) is 4.14.